The lowest BCUT2D eigenvalue weighted by Gasteiger charge is -2.09. The molecule has 0 fully saturated rings. The number of nitrogens with one attached hydrogen (secondary N) is 1. The highest BCUT2D eigenvalue weighted by atomic mass is 35.5. The molecule has 0 atom stereocenters. The highest BCUT2D eigenvalue weighted by molar-refractivity contribution is 6.35. The third-order valence-corrected chi connectivity index (χ3v) is 4.91. The van der Waals surface area contributed by atoms with E-state index in [4.69, 9.17) is 37.4 Å². The second-order valence-electron chi connectivity index (χ2n) is 6.38. The number of hydrogen-bond acceptors (Lipinski definition) is 5. The van der Waals surface area contributed by atoms with E-state index in [1.54, 1.807) is 32.6 Å². The van der Waals surface area contributed by atoms with E-state index in [2.05, 4.69) is 10.5 Å². The van der Waals surface area contributed by atoms with Crippen LogP contribution in [-0.2, 0) is 13.2 Å². The van der Waals surface area contributed by atoms with Crippen LogP contribution >= 0.6 is 23.2 Å². The molecule has 0 aliphatic heterocycles. The zero-order valence-corrected chi connectivity index (χ0v) is 18.2. The fourth-order valence-corrected chi connectivity index (χ4v) is 3.16. The molecule has 0 spiro atoms. The molecule has 0 bridgehead atoms. The molecule has 3 aromatic carbocycles. The van der Waals surface area contributed by atoms with Gasteiger partial charge in [-0.2, -0.15) is 5.10 Å². The molecule has 0 aliphatic carbocycles. The van der Waals surface area contributed by atoms with Gasteiger partial charge in [-0.1, -0.05) is 35.3 Å². The normalized spacial score (nSPS) is 10.8. The van der Waals surface area contributed by atoms with Gasteiger partial charge in [0.15, 0.2) is 11.5 Å². The summed E-state index contributed by atoms with van der Waals surface area (Å²) >= 11 is 12.1. The van der Waals surface area contributed by atoms with E-state index >= 15 is 0 Å². The van der Waals surface area contributed by atoms with Gasteiger partial charge in [0, 0.05) is 15.6 Å². The maximum atomic E-state index is 6.17. The molecule has 3 rings (SSSR count). The Bertz CT molecular complexity index is 1010. The summed E-state index contributed by atoms with van der Waals surface area (Å²) in [7, 11) is 3.23. The first-order valence-corrected chi connectivity index (χ1v) is 9.98. The Hall–Kier alpha value is -2.89. The standard InChI is InChI=1S/C23H22Cl2N2O3/c1-28-22-10-5-17(11-23(22)29-2)14-27-26-13-16-3-8-20(9-4-16)30-15-18-6-7-19(24)12-21(18)25/h3-13,27H,14-15H2,1-2H3/b26-13-. The van der Waals surface area contributed by atoms with Crippen molar-refractivity contribution < 1.29 is 14.2 Å². The van der Waals surface area contributed by atoms with Crippen molar-refractivity contribution >= 4 is 29.4 Å². The maximum absolute atomic E-state index is 6.17. The van der Waals surface area contributed by atoms with Crippen molar-refractivity contribution in [3.63, 3.8) is 0 Å². The number of nitrogens with zero attached hydrogens (tertiary/aromatic N) is 1. The van der Waals surface area contributed by atoms with E-state index in [0.717, 1.165) is 22.4 Å². The summed E-state index contributed by atoms with van der Waals surface area (Å²) in [5.41, 5.74) is 5.90. The molecule has 0 unspecified atom stereocenters. The Morgan fingerprint density at radius 3 is 2.37 bits per heavy atom. The van der Waals surface area contributed by atoms with E-state index in [1.807, 2.05) is 48.5 Å². The molecule has 0 heterocycles. The van der Waals surface area contributed by atoms with Crippen molar-refractivity contribution in [1.29, 1.82) is 0 Å². The second kappa shape index (κ2) is 10.8. The summed E-state index contributed by atoms with van der Waals surface area (Å²) in [4.78, 5) is 0. The zero-order valence-electron chi connectivity index (χ0n) is 16.7. The summed E-state index contributed by atoms with van der Waals surface area (Å²) in [6.45, 7) is 0.941. The number of hydrazone groups is 1. The first-order chi connectivity index (χ1) is 14.6. The Morgan fingerprint density at radius 1 is 0.900 bits per heavy atom. The van der Waals surface area contributed by atoms with Gasteiger partial charge in [0.2, 0.25) is 0 Å². The topological polar surface area (TPSA) is 52.1 Å². The van der Waals surface area contributed by atoms with Gasteiger partial charge in [0.1, 0.15) is 12.4 Å². The van der Waals surface area contributed by atoms with Crippen LogP contribution in [0, 0.1) is 0 Å². The van der Waals surface area contributed by atoms with Crippen molar-refractivity contribution in [2.24, 2.45) is 5.10 Å². The Labute approximate surface area is 186 Å². The fraction of sp³-hybridized carbons (Fsp3) is 0.174. The monoisotopic (exact) mass is 444 g/mol. The first kappa shape index (κ1) is 21.8. The van der Waals surface area contributed by atoms with Crippen LogP contribution in [0.1, 0.15) is 16.7 Å². The number of rotatable bonds is 9. The summed E-state index contributed by atoms with van der Waals surface area (Å²) < 4.78 is 16.3. The molecular formula is C23H22Cl2N2O3. The highest BCUT2D eigenvalue weighted by Gasteiger charge is 2.04. The predicted octanol–water partition coefficient (Wildman–Crippen LogP) is 5.71. The molecule has 3 aromatic rings. The SMILES string of the molecule is COc1ccc(CN/N=C\c2ccc(OCc3ccc(Cl)cc3Cl)cc2)cc1OC. The average molecular weight is 445 g/mol. The van der Waals surface area contributed by atoms with Gasteiger partial charge in [-0.25, -0.2) is 0 Å². The Balaban J connectivity index is 1.49. The van der Waals surface area contributed by atoms with Gasteiger partial charge < -0.3 is 19.6 Å². The van der Waals surface area contributed by atoms with Crippen molar-refractivity contribution in [3.05, 3.63) is 87.4 Å². The molecule has 0 aliphatic rings. The largest absolute Gasteiger partial charge is 0.493 e. The van der Waals surface area contributed by atoms with Crippen molar-refractivity contribution in [3.8, 4) is 17.2 Å². The minimum atomic E-state index is 0.371. The molecule has 0 radical (unpaired) electrons. The Morgan fingerprint density at radius 2 is 1.67 bits per heavy atom. The molecule has 0 amide bonds. The number of ether oxygens (including phenoxy) is 3. The van der Waals surface area contributed by atoms with Crippen molar-refractivity contribution in [2.45, 2.75) is 13.2 Å². The number of benzene rings is 3. The zero-order chi connectivity index (χ0) is 21.3. The molecular weight excluding hydrogens is 423 g/mol. The van der Waals surface area contributed by atoms with Crippen molar-refractivity contribution in [2.75, 3.05) is 14.2 Å². The fourth-order valence-electron chi connectivity index (χ4n) is 2.70. The van der Waals surface area contributed by atoms with Crippen LogP contribution in [0.2, 0.25) is 10.0 Å². The minimum absolute atomic E-state index is 0.371. The smallest absolute Gasteiger partial charge is 0.161 e. The van der Waals surface area contributed by atoms with E-state index < -0.39 is 0 Å². The van der Waals surface area contributed by atoms with Gasteiger partial charge in [0.25, 0.3) is 0 Å². The van der Waals surface area contributed by atoms with Crippen LogP contribution in [0.15, 0.2) is 65.8 Å². The van der Waals surface area contributed by atoms with Crippen molar-refractivity contribution in [1.82, 2.24) is 5.43 Å². The summed E-state index contributed by atoms with van der Waals surface area (Å²) in [6, 6.07) is 18.7. The molecule has 156 valence electrons. The van der Waals surface area contributed by atoms with Crippen LogP contribution in [-0.4, -0.2) is 20.4 Å². The van der Waals surface area contributed by atoms with Crippen LogP contribution in [0.3, 0.4) is 0 Å². The predicted molar refractivity (Wildman–Crippen MR) is 121 cm³/mol. The first-order valence-electron chi connectivity index (χ1n) is 9.22. The highest BCUT2D eigenvalue weighted by Crippen LogP contribution is 2.27. The van der Waals surface area contributed by atoms with Gasteiger partial charge >= 0.3 is 0 Å². The third kappa shape index (κ3) is 6.05. The van der Waals surface area contributed by atoms with E-state index in [1.165, 1.54) is 0 Å². The third-order valence-electron chi connectivity index (χ3n) is 4.33. The summed E-state index contributed by atoms with van der Waals surface area (Å²) in [6.07, 6.45) is 1.75. The number of hydrogen-bond donors (Lipinski definition) is 1. The van der Waals surface area contributed by atoms with Crippen LogP contribution in [0.25, 0.3) is 0 Å². The lowest BCUT2D eigenvalue weighted by molar-refractivity contribution is 0.306. The maximum Gasteiger partial charge on any atom is 0.161 e. The second-order valence-corrected chi connectivity index (χ2v) is 7.22. The lowest BCUT2D eigenvalue weighted by Crippen LogP contribution is -2.06. The number of methoxy groups -OCH3 is 2. The van der Waals surface area contributed by atoms with Crippen LogP contribution in [0.4, 0.5) is 0 Å². The summed E-state index contributed by atoms with van der Waals surface area (Å²) in [5.74, 6) is 2.14. The molecule has 0 saturated heterocycles. The summed E-state index contributed by atoms with van der Waals surface area (Å²) in [5, 5.41) is 5.45. The van der Waals surface area contributed by atoms with Gasteiger partial charge in [0.05, 0.1) is 27.0 Å². The molecule has 5 nitrogen and oxygen atoms in total. The van der Waals surface area contributed by atoms with E-state index in [0.29, 0.717) is 34.7 Å². The molecule has 0 aromatic heterocycles. The van der Waals surface area contributed by atoms with Gasteiger partial charge in [-0.15, -0.1) is 0 Å². The van der Waals surface area contributed by atoms with Crippen LogP contribution in [0.5, 0.6) is 17.2 Å². The molecule has 1 N–H and O–H groups in total. The Kier molecular flexibility index (Phi) is 7.82. The number of halogens is 2. The molecule has 7 heteroatoms. The molecule has 30 heavy (non-hydrogen) atoms. The van der Waals surface area contributed by atoms with Gasteiger partial charge in [-0.3, -0.25) is 0 Å². The lowest BCUT2D eigenvalue weighted by atomic mass is 10.2. The molecule has 0 saturated carbocycles. The van der Waals surface area contributed by atoms with E-state index in [9.17, 15) is 0 Å². The van der Waals surface area contributed by atoms with Crippen LogP contribution < -0.4 is 19.6 Å². The minimum Gasteiger partial charge on any atom is -0.493 e. The average Bonchev–Trinajstić information content (AvgIpc) is 2.76. The quantitative estimate of drug-likeness (QED) is 0.339. The van der Waals surface area contributed by atoms with E-state index in [-0.39, 0.29) is 0 Å². The van der Waals surface area contributed by atoms with Gasteiger partial charge in [-0.05, 0) is 59.7 Å².